The quantitative estimate of drug-likeness (QED) is 0.608. The molecule has 0 bridgehead atoms. The van der Waals surface area contributed by atoms with E-state index in [2.05, 4.69) is 0 Å². The van der Waals surface area contributed by atoms with Crippen molar-refractivity contribution in [2.24, 2.45) is 0 Å². The summed E-state index contributed by atoms with van der Waals surface area (Å²) >= 11 is 0. The van der Waals surface area contributed by atoms with E-state index in [9.17, 15) is 4.79 Å². The molecule has 94 valence electrons. The number of ether oxygens (including phenoxy) is 2. The number of hydrogen-bond acceptors (Lipinski definition) is 4. The number of benzene rings is 1. The molecule has 0 radical (unpaired) electrons. The molecule has 17 heavy (non-hydrogen) atoms. The maximum atomic E-state index is 11.5. The van der Waals surface area contributed by atoms with Crippen LogP contribution >= 0.6 is 0 Å². The van der Waals surface area contributed by atoms with Crippen LogP contribution in [0.15, 0.2) is 24.3 Å². The maximum absolute atomic E-state index is 11.5. The van der Waals surface area contributed by atoms with Crippen LogP contribution in [0.5, 0.6) is 0 Å². The minimum atomic E-state index is -0.493. The summed E-state index contributed by atoms with van der Waals surface area (Å²) in [6, 6.07) is 7.38. The van der Waals surface area contributed by atoms with E-state index in [4.69, 9.17) is 15.2 Å². The number of anilines is 1. The van der Waals surface area contributed by atoms with Crippen LogP contribution in [0.3, 0.4) is 0 Å². The zero-order chi connectivity index (χ0) is 12.7. The molecule has 1 unspecified atom stereocenters. The van der Waals surface area contributed by atoms with Crippen molar-refractivity contribution in [3.05, 3.63) is 29.8 Å². The largest absolute Gasteiger partial charge is 0.464 e. The zero-order valence-corrected chi connectivity index (χ0v) is 10.3. The van der Waals surface area contributed by atoms with Crippen LogP contribution < -0.4 is 5.73 Å². The summed E-state index contributed by atoms with van der Waals surface area (Å²) in [6.45, 7) is 4.44. The summed E-state index contributed by atoms with van der Waals surface area (Å²) in [7, 11) is 0. The van der Waals surface area contributed by atoms with Crippen LogP contribution in [-0.4, -0.2) is 18.7 Å². The molecule has 0 aromatic heterocycles. The van der Waals surface area contributed by atoms with Gasteiger partial charge < -0.3 is 15.2 Å². The van der Waals surface area contributed by atoms with Gasteiger partial charge in [-0.05, 0) is 31.0 Å². The van der Waals surface area contributed by atoms with Gasteiger partial charge in [-0.1, -0.05) is 19.1 Å². The fraction of sp³-hybridized carbons (Fsp3) is 0.462. The van der Waals surface area contributed by atoms with E-state index in [1.807, 2.05) is 31.2 Å². The van der Waals surface area contributed by atoms with Crippen molar-refractivity contribution in [1.82, 2.24) is 0 Å². The van der Waals surface area contributed by atoms with E-state index in [1.165, 1.54) is 0 Å². The van der Waals surface area contributed by atoms with Crippen molar-refractivity contribution in [2.75, 3.05) is 12.3 Å². The lowest BCUT2D eigenvalue weighted by molar-refractivity contribution is -0.157. The minimum Gasteiger partial charge on any atom is -0.464 e. The van der Waals surface area contributed by atoms with Gasteiger partial charge in [-0.3, -0.25) is 0 Å². The Labute approximate surface area is 102 Å². The first kappa shape index (κ1) is 13.5. The highest BCUT2D eigenvalue weighted by atomic mass is 16.6. The van der Waals surface area contributed by atoms with Gasteiger partial charge in [0.1, 0.15) is 0 Å². The van der Waals surface area contributed by atoms with Crippen LogP contribution in [0.1, 0.15) is 25.8 Å². The van der Waals surface area contributed by atoms with Crippen LogP contribution in [-0.2, 0) is 20.9 Å². The Morgan fingerprint density at radius 2 is 1.94 bits per heavy atom. The Balaban J connectivity index is 2.47. The topological polar surface area (TPSA) is 61.5 Å². The predicted molar refractivity (Wildman–Crippen MR) is 66.4 cm³/mol. The Kier molecular flexibility index (Phi) is 5.49. The zero-order valence-electron chi connectivity index (χ0n) is 10.3. The summed E-state index contributed by atoms with van der Waals surface area (Å²) < 4.78 is 10.4. The summed E-state index contributed by atoms with van der Waals surface area (Å²) in [5, 5.41) is 0. The molecular weight excluding hydrogens is 218 g/mol. The number of nitrogens with two attached hydrogens (primary N) is 1. The molecule has 0 saturated carbocycles. The Morgan fingerprint density at radius 1 is 1.29 bits per heavy atom. The molecule has 1 rings (SSSR count). The molecule has 2 N–H and O–H groups in total. The van der Waals surface area contributed by atoms with Crippen LogP contribution in [0.25, 0.3) is 0 Å². The molecule has 0 aliphatic heterocycles. The minimum absolute atomic E-state index is 0.301. The Hall–Kier alpha value is -1.55. The third-order valence-electron chi connectivity index (χ3n) is 2.35. The molecule has 0 heterocycles. The Bertz CT molecular complexity index is 348. The van der Waals surface area contributed by atoms with E-state index in [1.54, 1.807) is 6.92 Å². The highest BCUT2D eigenvalue weighted by molar-refractivity contribution is 5.74. The van der Waals surface area contributed by atoms with Crippen molar-refractivity contribution < 1.29 is 14.3 Å². The maximum Gasteiger partial charge on any atom is 0.335 e. The van der Waals surface area contributed by atoms with Gasteiger partial charge in [0.15, 0.2) is 6.10 Å². The third kappa shape index (κ3) is 4.44. The summed E-state index contributed by atoms with van der Waals surface area (Å²) in [6.07, 6.45) is 0.112. The number of nitrogen functional groups attached to an aromatic ring is 1. The normalized spacial score (nSPS) is 12.1. The van der Waals surface area contributed by atoms with Crippen LogP contribution in [0.4, 0.5) is 5.69 Å². The molecular formula is C13H19NO3. The molecule has 0 amide bonds. The molecule has 4 nitrogen and oxygen atoms in total. The average Bonchev–Trinajstić information content (AvgIpc) is 2.32. The molecule has 0 aliphatic rings. The lowest BCUT2D eigenvalue weighted by atomic mass is 10.2. The first-order valence-corrected chi connectivity index (χ1v) is 5.80. The van der Waals surface area contributed by atoms with Crippen molar-refractivity contribution in [3.8, 4) is 0 Å². The first-order chi connectivity index (χ1) is 8.17. The van der Waals surface area contributed by atoms with Crippen molar-refractivity contribution >= 4 is 11.7 Å². The van der Waals surface area contributed by atoms with E-state index < -0.39 is 6.10 Å². The number of rotatable bonds is 6. The van der Waals surface area contributed by atoms with Gasteiger partial charge in [0, 0.05) is 5.69 Å². The molecule has 0 aliphatic carbocycles. The molecule has 0 saturated heterocycles. The SMILES string of the molecule is CCOC(=O)C(CC)OCc1ccc(N)cc1. The van der Waals surface area contributed by atoms with Gasteiger partial charge in [-0.15, -0.1) is 0 Å². The summed E-state index contributed by atoms with van der Waals surface area (Å²) in [5.74, 6) is -0.301. The van der Waals surface area contributed by atoms with Gasteiger partial charge in [0.2, 0.25) is 0 Å². The average molecular weight is 237 g/mol. The highest BCUT2D eigenvalue weighted by Crippen LogP contribution is 2.10. The van der Waals surface area contributed by atoms with Gasteiger partial charge in [-0.25, -0.2) is 4.79 Å². The molecule has 1 aromatic carbocycles. The summed E-state index contributed by atoms with van der Waals surface area (Å²) in [4.78, 5) is 11.5. The second kappa shape index (κ2) is 6.91. The second-order valence-corrected chi connectivity index (χ2v) is 3.70. The van der Waals surface area contributed by atoms with Gasteiger partial charge >= 0.3 is 5.97 Å². The predicted octanol–water partition coefficient (Wildman–Crippen LogP) is 2.13. The van der Waals surface area contributed by atoms with Gasteiger partial charge in [0.05, 0.1) is 13.2 Å². The van der Waals surface area contributed by atoms with E-state index in [-0.39, 0.29) is 5.97 Å². The number of hydrogen-bond donors (Lipinski definition) is 1. The molecule has 1 aromatic rings. The molecule has 1 atom stereocenters. The number of esters is 1. The van der Waals surface area contributed by atoms with Crippen molar-refractivity contribution in [1.29, 1.82) is 0 Å². The third-order valence-corrected chi connectivity index (χ3v) is 2.35. The highest BCUT2D eigenvalue weighted by Gasteiger charge is 2.17. The smallest absolute Gasteiger partial charge is 0.335 e. The van der Waals surface area contributed by atoms with Crippen molar-refractivity contribution in [3.63, 3.8) is 0 Å². The van der Waals surface area contributed by atoms with E-state index >= 15 is 0 Å². The fourth-order valence-corrected chi connectivity index (χ4v) is 1.40. The molecule has 0 fully saturated rings. The van der Waals surface area contributed by atoms with Crippen LogP contribution in [0, 0.1) is 0 Å². The summed E-state index contributed by atoms with van der Waals surface area (Å²) in [5.41, 5.74) is 7.28. The fourth-order valence-electron chi connectivity index (χ4n) is 1.40. The molecule has 4 heteroatoms. The standard InChI is InChI=1S/C13H19NO3/c1-3-12(13(15)16-4-2)17-9-10-5-7-11(14)8-6-10/h5-8,12H,3-4,9,14H2,1-2H3. The van der Waals surface area contributed by atoms with Crippen LogP contribution in [0.2, 0.25) is 0 Å². The van der Waals surface area contributed by atoms with Crippen molar-refractivity contribution in [2.45, 2.75) is 33.0 Å². The van der Waals surface area contributed by atoms with E-state index in [0.717, 1.165) is 5.56 Å². The number of carbonyl (C=O) groups excluding carboxylic acids is 1. The monoisotopic (exact) mass is 237 g/mol. The first-order valence-electron chi connectivity index (χ1n) is 5.80. The lowest BCUT2D eigenvalue weighted by Crippen LogP contribution is -2.25. The molecule has 0 spiro atoms. The van der Waals surface area contributed by atoms with Gasteiger partial charge in [-0.2, -0.15) is 0 Å². The Morgan fingerprint density at radius 3 is 2.47 bits per heavy atom. The van der Waals surface area contributed by atoms with E-state index in [0.29, 0.717) is 25.3 Å². The lowest BCUT2D eigenvalue weighted by Gasteiger charge is -2.14. The second-order valence-electron chi connectivity index (χ2n) is 3.70. The van der Waals surface area contributed by atoms with Gasteiger partial charge in [0.25, 0.3) is 0 Å². The number of carbonyl (C=O) groups is 1.